The van der Waals surface area contributed by atoms with E-state index in [9.17, 15) is 9.59 Å². The predicted octanol–water partition coefficient (Wildman–Crippen LogP) is 3.70. The number of aromatic nitrogens is 1. The standard InChI is InChI=1S/C23H25N3O4.C4H10O/c1-16(27)24-13-21-15-26(9-10-29-21)14-18-11-17-7-8-20(12-22(17)25-23(18)28)30-19-5-3-2-4-6-19;1-3-5-4-2/h2-8,11-12,21H,9-10,13-15H2,1H3,(H,24,27)(H,25,28);3-4H2,1-2H3. The second-order valence-electron chi connectivity index (χ2n) is 8.23. The molecule has 188 valence electrons. The number of hydrogen-bond donors (Lipinski definition) is 2. The van der Waals surface area contributed by atoms with Gasteiger partial charge in [0.2, 0.25) is 5.91 Å². The molecule has 35 heavy (non-hydrogen) atoms. The Kier molecular flexibility index (Phi) is 10.3. The van der Waals surface area contributed by atoms with Crippen molar-refractivity contribution in [2.75, 3.05) is 39.5 Å². The number of fused-ring (bicyclic) bond motifs is 1. The molecule has 0 saturated carbocycles. The third-order valence-electron chi connectivity index (χ3n) is 5.48. The fourth-order valence-electron chi connectivity index (χ4n) is 3.78. The highest BCUT2D eigenvalue weighted by atomic mass is 16.5. The van der Waals surface area contributed by atoms with E-state index in [0.29, 0.717) is 37.6 Å². The van der Waals surface area contributed by atoms with Gasteiger partial charge in [-0.25, -0.2) is 0 Å². The quantitative estimate of drug-likeness (QED) is 0.510. The zero-order valence-electron chi connectivity index (χ0n) is 20.7. The van der Waals surface area contributed by atoms with E-state index in [0.717, 1.165) is 36.4 Å². The molecule has 4 rings (SSSR count). The molecule has 1 amide bonds. The molecule has 2 heterocycles. The van der Waals surface area contributed by atoms with Crippen LogP contribution in [0.4, 0.5) is 0 Å². The molecule has 0 spiro atoms. The highest BCUT2D eigenvalue weighted by molar-refractivity contribution is 5.80. The van der Waals surface area contributed by atoms with Crippen LogP contribution >= 0.6 is 0 Å². The summed E-state index contributed by atoms with van der Waals surface area (Å²) in [4.78, 5) is 28.9. The van der Waals surface area contributed by atoms with Crippen LogP contribution in [0.15, 0.2) is 59.4 Å². The SMILES string of the molecule is CC(=O)NCC1CN(Cc2cc3ccc(Oc4ccccc4)cc3[nH]c2=O)CCO1.CCOCC. The van der Waals surface area contributed by atoms with E-state index >= 15 is 0 Å². The summed E-state index contributed by atoms with van der Waals surface area (Å²) in [6.07, 6.45) is -0.0696. The van der Waals surface area contributed by atoms with Gasteiger partial charge in [-0.1, -0.05) is 18.2 Å². The number of hydrogen-bond acceptors (Lipinski definition) is 6. The minimum absolute atomic E-state index is 0.0696. The van der Waals surface area contributed by atoms with Crippen LogP contribution in [-0.4, -0.2) is 61.3 Å². The molecule has 0 radical (unpaired) electrons. The smallest absolute Gasteiger partial charge is 0.252 e. The van der Waals surface area contributed by atoms with E-state index in [4.69, 9.17) is 14.2 Å². The Morgan fingerprint density at radius 1 is 1.11 bits per heavy atom. The van der Waals surface area contributed by atoms with E-state index < -0.39 is 0 Å². The van der Waals surface area contributed by atoms with Crippen molar-refractivity contribution in [3.05, 3.63) is 70.5 Å². The van der Waals surface area contributed by atoms with Crippen LogP contribution in [0.2, 0.25) is 0 Å². The summed E-state index contributed by atoms with van der Waals surface area (Å²) in [5.74, 6) is 1.35. The van der Waals surface area contributed by atoms with Gasteiger partial charge in [-0.05, 0) is 49.6 Å². The Labute approximate surface area is 206 Å². The maximum absolute atomic E-state index is 12.7. The van der Waals surface area contributed by atoms with Gasteiger partial charge in [0, 0.05) is 57.9 Å². The van der Waals surface area contributed by atoms with Crippen molar-refractivity contribution < 1.29 is 19.0 Å². The molecule has 8 nitrogen and oxygen atoms in total. The van der Waals surface area contributed by atoms with Crippen molar-refractivity contribution >= 4 is 16.8 Å². The number of ether oxygens (including phenoxy) is 3. The summed E-state index contributed by atoms with van der Waals surface area (Å²) in [7, 11) is 0. The van der Waals surface area contributed by atoms with E-state index in [1.807, 2.05) is 68.4 Å². The number of nitrogens with zero attached hydrogens (tertiary/aromatic N) is 1. The second kappa shape index (κ2) is 13.6. The minimum atomic E-state index is -0.107. The maximum Gasteiger partial charge on any atom is 0.252 e. The van der Waals surface area contributed by atoms with Gasteiger partial charge < -0.3 is 24.5 Å². The molecule has 1 unspecified atom stereocenters. The summed E-state index contributed by atoms with van der Waals surface area (Å²) in [6.45, 7) is 10.2. The molecule has 3 aromatic rings. The first-order valence-electron chi connectivity index (χ1n) is 12.0. The molecule has 8 heteroatoms. The second-order valence-corrected chi connectivity index (χ2v) is 8.23. The third kappa shape index (κ3) is 8.51. The fraction of sp³-hybridized carbons (Fsp3) is 0.407. The Hall–Kier alpha value is -3.20. The minimum Gasteiger partial charge on any atom is -0.457 e. The number of carbonyl (C=O) groups is 1. The molecule has 1 aliphatic heterocycles. The molecule has 2 aromatic carbocycles. The Balaban J connectivity index is 0.000000623. The molecular weight excluding hydrogens is 446 g/mol. The lowest BCUT2D eigenvalue weighted by atomic mass is 10.1. The molecule has 1 aliphatic rings. The van der Waals surface area contributed by atoms with Gasteiger partial charge >= 0.3 is 0 Å². The molecule has 1 saturated heterocycles. The topological polar surface area (TPSA) is 92.9 Å². The van der Waals surface area contributed by atoms with Crippen molar-refractivity contribution in [1.29, 1.82) is 0 Å². The number of H-pyrrole nitrogens is 1. The first-order valence-corrected chi connectivity index (χ1v) is 12.0. The van der Waals surface area contributed by atoms with E-state index in [2.05, 4.69) is 15.2 Å². The predicted molar refractivity (Wildman–Crippen MR) is 137 cm³/mol. The van der Waals surface area contributed by atoms with Crippen molar-refractivity contribution in [2.24, 2.45) is 0 Å². The van der Waals surface area contributed by atoms with Crippen LogP contribution in [0.3, 0.4) is 0 Å². The molecule has 0 aliphatic carbocycles. The lowest BCUT2D eigenvalue weighted by Gasteiger charge is -2.32. The van der Waals surface area contributed by atoms with Crippen LogP contribution < -0.4 is 15.6 Å². The zero-order valence-corrected chi connectivity index (χ0v) is 20.7. The van der Waals surface area contributed by atoms with Crippen molar-refractivity contribution in [3.63, 3.8) is 0 Å². The number of para-hydroxylation sites is 1. The summed E-state index contributed by atoms with van der Waals surface area (Å²) >= 11 is 0. The Morgan fingerprint density at radius 3 is 2.57 bits per heavy atom. The number of morpholine rings is 1. The summed E-state index contributed by atoms with van der Waals surface area (Å²) < 4.78 is 16.4. The van der Waals surface area contributed by atoms with Crippen molar-refractivity contribution in [2.45, 2.75) is 33.4 Å². The largest absolute Gasteiger partial charge is 0.457 e. The first-order chi connectivity index (χ1) is 17.0. The Bertz CT molecular complexity index is 1130. The van der Waals surface area contributed by atoms with Crippen LogP contribution in [0, 0.1) is 0 Å². The van der Waals surface area contributed by atoms with Crippen LogP contribution in [0.25, 0.3) is 10.9 Å². The van der Waals surface area contributed by atoms with Crippen LogP contribution in [0.5, 0.6) is 11.5 Å². The number of carbonyl (C=O) groups excluding carboxylic acids is 1. The average Bonchev–Trinajstić information content (AvgIpc) is 2.85. The van der Waals surface area contributed by atoms with Crippen molar-refractivity contribution in [3.8, 4) is 11.5 Å². The monoisotopic (exact) mass is 481 g/mol. The van der Waals surface area contributed by atoms with E-state index in [-0.39, 0.29) is 17.6 Å². The number of pyridine rings is 1. The average molecular weight is 482 g/mol. The maximum atomic E-state index is 12.7. The number of rotatable bonds is 8. The zero-order chi connectivity index (χ0) is 25.0. The lowest BCUT2D eigenvalue weighted by molar-refractivity contribution is -0.120. The van der Waals surface area contributed by atoms with Gasteiger partial charge in [-0.15, -0.1) is 0 Å². The van der Waals surface area contributed by atoms with Gasteiger partial charge in [0.15, 0.2) is 0 Å². The van der Waals surface area contributed by atoms with Gasteiger partial charge in [-0.2, -0.15) is 0 Å². The van der Waals surface area contributed by atoms with Crippen LogP contribution in [-0.2, 0) is 20.8 Å². The molecule has 1 fully saturated rings. The number of benzene rings is 2. The Morgan fingerprint density at radius 2 is 1.89 bits per heavy atom. The third-order valence-corrected chi connectivity index (χ3v) is 5.48. The van der Waals surface area contributed by atoms with Gasteiger partial charge in [0.1, 0.15) is 11.5 Å². The number of aromatic amines is 1. The van der Waals surface area contributed by atoms with Crippen molar-refractivity contribution in [1.82, 2.24) is 15.2 Å². The first kappa shape index (κ1) is 26.4. The molecule has 2 N–H and O–H groups in total. The summed E-state index contributed by atoms with van der Waals surface area (Å²) in [6, 6.07) is 17.2. The van der Waals surface area contributed by atoms with Gasteiger partial charge in [-0.3, -0.25) is 14.5 Å². The van der Waals surface area contributed by atoms with E-state index in [1.165, 1.54) is 6.92 Å². The van der Waals surface area contributed by atoms with Crippen LogP contribution in [0.1, 0.15) is 26.3 Å². The number of nitrogens with one attached hydrogen (secondary N) is 2. The summed E-state index contributed by atoms with van der Waals surface area (Å²) in [5.41, 5.74) is 1.34. The lowest BCUT2D eigenvalue weighted by Crippen LogP contribution is -2.47. The fourth-order valence-corrected chi connectivity index (χ4v) is 3.78. The summed E-state index contributed by atoms with van der Waals surface area (Å²) in [5, 5.41) is 3.74. The normalized spacial score (nSPS) is 15.8. The van der Waals surface area contributed by atoms with Gasteiger partial charge in [0.25, 0.3) is 5.56 Å². The highest BCUT2D eigenvalue weighted by Crippen LogP contribution is 2.24. The van der Waals surface area contributed by atoms with Gasteiger partial charge in [0.05, 0.1) is 18.2 Å². The molecule has 1 aromatic heterocycles. The highest BCUT2D eigenvalue weighted by Gasteiger charge is 2.21. The number of amides is 1. The molecular formula is C27H35N3O5. The molecule has 1 atom stereocenters. The molecule has 0 bridgehead atoms. The van der Waals surface area contributed by atoms with E-state index in [1.54, 1.807) is 0 Å².